The summed E-state index contributed by atoms with van der Waals surface area (Å²) in [6, 6.07) is 6.65. The Hall–Kier alpha value is -1.92. The second kappa shape index (κ2) is 9.69. The van der Waals surface area contributed by atoms with Gasteiger partial charge < -0.3 is 4.74 Å². The second-order valence-corrected chi connectivity index (χ2v) is 7.89. The summed E-state index contributed by atoms with van der Waals surface area (Å²) in [5.41, 5.74) is 2.12. The molecule has 142 valence electrons. The zero-order chi connectivity index (χ0) is 19.0. The molecule has 1 aliphatic rings. The number of piperidine rings is 1. The average Bonchev–Trinajstić information content (AvgIpc) is 2.67. The molecule has 0 spiro atoms. The largest absolute Gasteiger partial charge is 0.365 e. The van der Waals surface area contributed by atoms with Gasteiger partial charge in [0.2, 0.25) is 15.9 Å². The van der Waals surface area contributed by atoms with Gasteiger partial charge in [-0.05, 0) is 37.8 Å². The summed E-state index contributed by atoms with van der Waals surface area (Å²) in [4.78, 5) is 11.5. The van der Waals surface area contributed by atoms with Gasteiger partial charge in [-0.25, -0.2) is 13.9 Å². The Labute approximate surface area is 154 Å². The number of carbonyl (C=O) groups is 1. The van der Waals surface area contributed by atoms with Crippen LogP contribution in [0.25, 0.3) is 0 Å². The monoisotopic (exact) mass is 380 g/mol. The van der Waals surface area contributed by atoms with Crippen LogP contribution in [-0.2, 0) is 26.0 Å². The summed E-state index contributed by atoms with van der Waals surface area (Å²) in [5, 5.41) is 8.60. The third-order valence-electron chi connectivity index (χ3n) is 4.31. The quantitative estimate of drug-likeness (QED) is 0.423. The number of ether oxygens (including phenoxy) is 1. The molecule has 1 aromatic carbocycles. The fraction of sp³-hybridized carbons (Fsp3) is 0.500. The van der Waals surface area contributed by atoms with Crippen molar-refractivity contribution in [1.29, 1.82) is 0 Å². The van der Waals surface area contributed by atoms with Crippen molar-refractivity contribution in [1.82, 2.24) is 9.79 Å². The van der Waals surface area contributed by atoms with Crippen LogP contribution in [0.5, 0.6) is 0 Å². The van der Waals surface area contributed by atoms with E-state index < -0.39 is 15.9 Å². The average molecular weight is 380 g/mol. The second-order valence-electron chi connectivity index (χ2n) is 5.98. The summed E-state index contributed by atoms with van der Waals surface area (Å²) in [6.07, 6.45) is 1.51. The number of nitrogens with zero attached hydrogens (tertiary/aromatic N) is 1. The Bertz CT molecular complexity index is 774. The van der Waals surface area contributed by atoms with Gasteiger partial charge in [-0.3, -0.25) is 10.0 Å². The summed E-state index contributed by atoms with van der Waals surface area (Å²) < 4.78 is 33.1. The van der Waals surface area contributed by atoms with Crippen molar-refractivity contribution in [3.63, 3.8) is 0 Å². The molecule has 0 atom stereocenters. The molecule has 8 heteroatoms. The smallest absolute Gasteiger partial charge is 0.243 e. The van der Waals surface area contributed by atoms with Gasteiger partial charge in [0.15, 0.2) is 0 Å². The van der Waals surface area contributed by atoms with E-state index in [-0.39, 0.29) is 23.8 Å². The van der Waals surface area contributed by atoms with Crippen LogP contribution >= 0.6 is 0 Å². The summed E-state index contributed by atoms with van der Waals surface area (Å²) in [5.74, 6) is 5.06. The minimum absolute atomic E-state index is 0.0113. The molecule has 26 heavy (non-hydrogen) atoms. The van der Waals surface area contributed by atoms with Crippen LogP contribution in [0, 0.1) is 11.8 Å². The van der Waals surface area contributed by atoms with Crippen molar-refractivity contribution in [3.8, 4) is 11.8 Å². The zero-order valence-electron chi connectivity index (χ0n) is 14.8. The van der Waals surface area contributed by atoms with Crippen molar-refractivity contribution in [2.75, 3.05) is 19.7 Å². The van der Waals surface area contributed by atoms with Crippen LogP contribution in [-0.4, -0.2) is 49.6 Å². The van der Waals surface area contributed by atoms with Crippen molar-refractivity contribution >= 4 is 15.9 Å². The number of hydroxylamine groups is 1. The van der Waals surface area contributed by atoms with Gasteiger partial charge in [-0.1, -0.05) is 24.1 Å². The van der Waals surface area contributed by atoms with E-state index in [1.54, 1.807) is 36.7 Å². The predicted molar refractivity (Wildman–Crippen MR) is 95.9 cm³/mol. The standard InChI is InChI=1S/C18H24N2O5S/c1-2-3-14-25-16-10-12-20(13-11-16)26(23,24)17-7-5-4-6-15(17)8-9-18(21)19-22/h4-7,16,22H,8-14H2,1H3,(H,19,21). The number of hydrogen-bond donors (Lipinski definition) is 2. The number of hydrogen-bond acceptors (Lipinski definition) is 5. The summed E-state index contributed by atoms with van der Waals surface area (Å²) >= 11 is 0. The molecule has 0 aliphatic carbocycles. The fourth-order valence-electron chi connectivity index (χ4n) is 2.88. The summed E-state index contributed by atoms with van der Waals surface area (Å²) in [6.45, 7) is 2.89. The topological polar surface area (TPSA) is 95.9 Å². The molecule has 1 fully saturated rings. The molecule has 1 heterocycles. The maximum atomic E-state index is 13.0. The Morgan fingerprint density at radius 1 is 1.35 bits per heavy atom. The van der Waals surface area contributed by atoms with Crippen LogP contribution in [0.1, 0.15) is 31.7 Å². The molecule has 0 unspecified atom stereocenters. The number of rotatable bonds is 7. The van der Waals surface area contributed by atoms with Gasteiger partial charge in [-0.15, -0.1) is 5.92 Å². The Balaban J connectivity index is 2.06. The lowest BCUT2D eigenvalue weighted by Gasteiger charge is -2.31. The molecular formula is C18H24N2O5S. The molecule has 1 amide bonds. The number of sulfonamides is 1. The van der Waals surface area contributed by atoms with E-state index >= 15 is 0 Å². The molecule has 0 bridgehead atoms. The van der Waals surface area contributed by atoms with E-state index in [1.807, 2.05) is 0 Å². The maximum absolute atomic E-state index is 13.0. The highest BCUT2D eigenvalue weighted by Gasteiger charge is 2.31. The minimum Gasteiger partial charge on any atom is -0.365 e. The van der Waals surface area contributed by atoms with Gasteiger partial charge in [-0.2, -0.15) is 4.31 Å². The van der Waals surface area contributed by atoms with Crippen molar-refractivity contribution in [3.05, 3.63) is 29.8 Å². The molecule has 7 nitrogen and oxygen atoms in total. The van der Waals surface area contributed by atoms with Gasteiger partial charge in [0.25, 0.3) is 0 Å². The molecule has 2 N–H and O–H groups in total. The van der Waals surface area contributed by atoms with E-state index in [0.29, 0.717) is 38.1 Å². The van der Waals surface area contributed by atoms with E-state index in [2.05, 4.69) is 11.8 Å². The minimum atomic E-state index is -3.64. The number of benzene rings is 1. The predicted octanol–water partition coefficient (Wildman–Crippen LogP) is 1.32. The Morgan fingerprint density at radius 2 is 2.04 bits per heavy atom. The highest BCUT2D eigenvalue weighted by molar-refractivity contribution is 7.89. The highest BCUT2D eigenvalue weighted by Crippen LogP contribution is 2.25. The first-order valence-electron chi connectivity index (χ1n) is 8.51. The third kappa shape index (κ3) is 5.29. The van der Waals surface area contributed by atoms with Crippen LogP contribution in [0.4, 0.5) is 0 Å². The number of aryl methyl sites for hydroxylation is 1. The van der Waals surface area contributed by atoms with Gasteiger partial charge >= 0.3 is 0 Å². The molecule has 1 saturated heterocycles. The maximum Gasteiger partial charge on any atom is 0.243 e. The van der Waals surface area contributed by atoms with Gasteiger partial charge in [0, 0.05) is 19.5 Å². The van der Waals surface area contributed by atoms with E-state index in [0.717, 1.165) is 0 Å². The van der Waals surface area contributed by atoms with Crippen molar-refractivity contribution in [2.45, 2.75) is 43.6 Å². The lowest BCUT2D eigenvalue weighted by atomic mass is 10.1. The van der Waals surface area contributed by atoms with Crippen LogP contribution in [0.15, 0.2) is 29.2 Å². The van der Waals surface area contributed by atoms with Crippen molar-refractivity contribution < 1.29 is 23.2 Å². The first-order valence-corrected chi connectivity index (χ1v) is 9.95. The molecular weight excluding hydrogens is 356 g/mol. The molecule has 0 aromatic heterocycles. The highest BCUT2D eigenvalue weighted by atomic mass is 32.2. The lowest BCUT2D eigenvalue weighted by Crippen LogP contribution is -2.41. The number of carbonyl (C=O) groups excluding carboxylic acids is 1. The summed E-state index contributed by atoms with van der Waals surface area (Å²) in [7, 11) is -3.64. The lowest BCUT2D eigenvalue weighted by molar-refractivity contribution is -0.129. The third-order valence-corrected chi connectivity index (χ3v) is 6.30. The normalized spacial score (nSPS) is 15.9. The SMILES string of the molecule is CC#CCOC1CCN(S(=O)(=O)c2ccccc2CCC(=O)NO)CC1. The molecule has 2 rings (SSSR count). The van der Waals surface area contributed by atoms with Crippen LogP contribution in [0.3, 0.4) is 0 Å². The molecule has 0 saturated carbocycles. The van der Waals surface area contributed by atoms with Gasteiger partial charge in [0.05, 0.1) is 11.0 Å². The van der Waals surface area contributed by atoms with E-state index in [1.165, 1.54) is 4.31 Å². The molecule has 0 radical (unpaired) electrons. The van der Waals surface area contributed by atoms with Crippen molar-refractivity contribution in [2.24, 2.45) is 0 Å². The number of nitrogens with one attached hydrogen (secondary N) is 1. The van der Waals surface area contributed by atoms with Gasteiger partial charge in [0.1, 0.15) is 6.61 Å². The van der Waals surface area contributed by atoms with Crippen LogP contribution in [0.2, 0.25) is 0 Å². The Morgan fingerprint density at radius 3 is 2.69 bits per heavy atom. The van der Waals surface area contributed by atoms with Crippen LogP contribution < -0.4 is 5.48 Å². The first-order chi connectivity index (χ1) is 12.5. The number of amides is 1. The fourth-order valence-corrected chi connectivity index (χ4v) is 4.60. The van der Waals surface area contributed by atoms with E-state index in [9.17, 15) is 13.2 Å². The first kappa shape index (κ1) is 20.4. The molecule has 1 aliphatic heterocycles. The Kier molecular flexibility index (Phi) is 7.60. The van der Waals surface area contributed by atoms with E-state index in [4.69, 9.17) is 9.94 Å². The zero-order valence-corrected chi connectivity index (χ0v) is 15.6. The molecule has 1 aromatic rings.